The van der Waals surface area contributed by atoms with E-state index in [1.54, 1.807) is 13.8 Å². The Hall–Kier alpha value is 0.156. The van der Waals surface area contributed by atoms with Crippen molar-refractivity contribution in [2.45, 2.75) is 38.1 Å². The summed E-state index contributed by atoms with van der Waals surface area (Å²) in [7, 11) is 0. The van der Waals surface area contributed by atoms with Crippen LogP contribution in [0.5, 0.6) is 0 Å². The predicted octanol–water partition coefficient (Wildman–Crippen LogP) is -13.6. The normalized spacial score (nSPS) is 11.3. The molecule has 2 unspecified atom stereocenters. The van der Waals surface area contributed by atoms with Crippen molar-refractivity contribution < 1.29 is 156 Å². The van der Waals surface area contributed by atoms with E-state index < -0.39 is 48.6 Å². The van der Waals surface area contributed by atoms with Crippen LogP contribution in [0.1, 0.15) is 13.8 Å². The SMILES string of the molecule is CC(C)N(O)O.NCC(O)(O)O.O=C(O)C(=O)O.O=C([O-])C(O)C(O)C(=O)[O-].[K+].[Na+]. The molecule has 0 aliphatic heterocycles. The Morgan fingerprint density at radius 3 is 1.10 bits per heavy atom. The number of carboxylic acids is 4. The van der Waals surface area contributed by atoms with Gasteiger partial charge in [-0.25, -0.2) is 9.59 Å². The molecule has 0 saturated carbocycles. The predicted molar refractivity (Wildman–Crippen MR) is 76.3 cm³/mol. The topological polar surface area (TPSA) is 326 Å². The van der Waals surface area contributed by atoms with Crippen molar-refractivity contribution in [2.75, 3.05) is 6.54 Å². The second kappa shape index (κ2) is 23.8. The monoisotopic (exact) mass is 484 g/mol. The largest absolute Gasteiger partial charge is 1.00 e. The van der Waals surface area contributed by atoms with Crippen LogP contribution < -0.4 is 96.9 Å². The van der Waals surface area contributed by atoms with Gasteiger partial charge in [0.25, 0.3) is 5.97 Å². The van der Waals surface area contributed by atoms with Crippen LogP contribution in [0.25, 0.3) is 0 Å². The minimum Gasteiger partial charge on any atom is -0.547 e. The number of hydrogen-bond donors (Lipinski definition) is 10. The summed E-state index contributed by atoms with van der Waals surface area (Å²) in [5, 5.41) is 90.2. The van der Waals surface area contributed by atoms with Crippen LogP contribution in [-0.4, -0.2) is 106 Å². The molecule has 0 aromatic heterocycles. The number of hydroxylamine groups is 2. The Balaban J connectivity index is -0.0000000645. The van der Waals surface area contributed by atoms with Gasteiger partial charge in [0.05, 0.1) is 24.5 Å². The van der Waals surface area contributed by atoms with E-state index in [9.17, 15) is 19.8 Å². The maximum atomic E-state index is 9.63. The Labute approximate surface area is 233 Å². The van der Waals surface area contributed by atoms with E-state index in [-0.39, 0.29) is 92.2 Å². The summed E-state index contributed by atoms with van der Waals surface area (Å²) in [4.78, 5) is 37.5. The van der Waals surface area contributed by atoms with Crippen LogP contribution in [0.2, 0.25) is 0 Å². The molecular weight excluding hydrogens is 462 g/mol. The third-order valence-corrected chi connectivity index (χ3v) is 1.70. The first-order chi connectivity index (χ1) is 12.3. The maximum absolute atomic E-state index is 9.63. The van der Waals surface area contributed by atoms with E-state index in [0.29, 0.717) is 0 Å². The second-order valence-corrected chi connectivity index (χ2v) is 4.53. The van der Waals surface area contributed by atoms with Gasteiger partial charge in [-0.05, 0) is 13.8 Å². The molecule has 0 amide bonds. The number of carbonyl (C=O) groups is 4. The van der Waals surface area contributed by atoms with Gasteiger partial charge in [0, 0.05) is 0 Å². The number of rotatable bonds is 5. The molecule has 0 aromatic rings. The molecular formula is C11H22KN2NaO15. The molecule has 0 saturated heterocycles. The third kappa shape index (κ3) is 38.7. The smallest absolute Gasteiger partial charge is 0.547 e. The first-order valence-electron chi connectivity index (χ1n) is 6.59. The first kappa shape index (κ1) is 43.9. The average molecular weight is 484 g/mol. The summed E-state index contributed by atoms with van der Waals surface area (Å²) in [6, 6.07) is -0.204. The summed E-state index contributed by atoms with van der Waals surface area (Å²) >= 11 is 0. The van der Waals surface area contributed by atoms with Crippen molar-refractivity contribution in [1.29, 1.82) is 0 Å². The van der Waals surface area contributed by atoms with E-state index >= 15 is 0 Å². The van der Waals surface area contributed by atoms with Crippen molar-refractivity contribution in [3.63, 3.8) is 0 Å². The number of hydrogen-bond acceptors (Lipinski definition) is 15. The molecule has 0 fully saturated rings. The number of aliphatic hydroxyl groups excluding tert-OH is 2. The van der Waals surface area contributed by atoms with Gasteiger partial charge in [0.15, 0.2) is 0 Å². The zero-order chi connectivity index (χ0) is 23.8. The van der Waals surface area contributed by atoms with Gasteiger partial charge in [-0.1, -0.05) is 5.23 Å². The maximum Gasteiger partial charge on any atom is 1.00 e. The molecule has 0 spiro atoms. The Bertz CT molecular complexity index is 450. The first-order valence-corrected chi connectivity index (χ1v) is 6.59. The van der Waals surface area contributed by atoms with Gasteiger partial charge in [0.2, 0.25) is 0 Å². The molecule has 0 radical (unpaired) electrons. The Morgan fingerprint density at radius 2 is 1.07 bits per heavy atom. The van der Waals surface area contributed by atoms with Crippen molar-refractivity contribution in [1.82, 2.24) is 5.23 Å². The molecule has 0 aromatic carbocycles. The quantitative estimate of drug-likeness (QED) is 0.0748. The minimum atomic E-state index is -2.68. The van der Waals surface area contributed by atoms with Gasteiger partial charge in [-0.2, -0.15) is 0 Å². The van der Waals surface area contributed by atoms with Gasteiger partial charge >= 0.3 is 92.9 Å². The standard InChI is InChI=1S/C4H6O6.C3H9NO2.C2H7NO3.C2H2O4.K.Na/c5-1(3(7)8)2(6)4(9)10;1-3(2)4(5)6;3-1-2(4,5)6;3-1(4)2(5)6;;/h1-2,5-6H,(H,7,8)(H,9,10);3,5-6H,1-2H3;4-6H,1,3H2;(H,3,4)(H,5,6);;/q;;;;2*+1/p-2. The van der Waals surface area contributed by atoms with Gasteiger partial charge < -0.3 is 61.3 Å². The summed E-state index contributed by atoms with van der Waals surface area (Å²) in [5.41, 5.74) is 4.56. The molecule has 2 atom stereocenters. The number of carboxylic acid groups (broad SMARTS) is 4. The summed E-state index contributed by atoms with van der Waals surface area (Å²) in [6.07, 6.45) is -4.88. The summed E-state index contributed by atoms with van der Waals surface area (Å²) < 4.78 is 0. The van der Waals surface area contributed by atoms with Crippen LogP contribution in [0.3, 0.4) is 0 Å². The second-order valence-electron chi connectivity index (χ2n) is 4.53. The molecule has 30 heavy (non-hydrogen) atoms. The van der Waals surface area contributed by atoms with Crippen LogP contribution >= 0.6 is 0 Å². The molecule has 0 rings (SSSR count). The van der Waals surface area contributed by atoms with Crippen molar-refractivity contribution in [3.05, 3.63) is 0 Å². The van der Waals surface area contributed by atoms with Gasteiger partial charge in [-0.15, -0.1) is 0 Å². The van der Waals surface area contributed by atoms with Gasteiger partial charge in [-0.3, -0.25) is 10.4 Å². The zero-order valence-electron chi connectivity index (χ0n) is 16.4. The summed E-state index contributed by atoms with van der Waals surface area (Å²) in [6.45, 7) is 2.77. The zero-order valence-corrected chi connectivity index (χ0v) is 21.6. The van der Waals surface area contributed by atoms with E-state index in [2.05, 4.69) is 5.73 Å². The van der Waals surface area contributed by atoms with Crippen LogP contribution in [0, 0.1) is 0 Å². The molecule has 0 bridgehead atoms. The number of carbonyl (C=O) groups excluding carboxylic acids is 2. The van der Waals surface area contributed by atoms with E-state index in [4.69, 9.17) is 55.7 Å². The third-order valence-electron chi connectivity index (χ3n) is 1.70. The van der Waals surface area contributed by atoms with Crippen LogP contribution in [0.4, 0.5) is 0 Å². The fraction of sp³-hybridized carbons (Fsp3) is 0.636. The fourth-order valence-electron chi connectivity index (χ4n) is 0.258. The van der Waals surface area contributed by atoms with Crippen molar-refractivity contribution >= 4 is 23.9 Å². The van der Waals surface area contributed by atoms with E-state index in [0.717, 1.165) is 0 Å². The summed E-state index contributed by atoms with van der Waals surface area (Å²) in [5.74, 6) is -10.4. The molecule has 0 aliphatic carbocycles. The molecule has 19 heteroatoms. The van der Waals surface area contributed by atoms with Gasteiger partial charge in [0.1, 0.15) is 12.2 Å². The molecule has 168 valence electrons. The van der Waals surface area contributed by atoms with Crippen LogP contribution in [0.15, 0.2) is 0 Å². The van der Waals surface area contributed by atoms with E-state index in [1.807, 2.05) is 0 Å². The number of aliphatic carboxylic acids is 4. The number of nitrogens with zero attached hydrogens (tertiary/aromatic N) is 1. The van der Waals surface area contributed by atoms with Crippen LogP contribution in [-0.2, 0) is 19.2 Å². The Morgan fingerprint density at radius 1 is 0.900 bits per heavy atom. The number of nitrogens with two attached hydrogens (primary N) is 1. The average Bonchev–Trinajstić information content (AvgIpc) is 2.53. The molecule has 0 heterocycles. The Kier molecular flexibility index (Phi) is 34.9. The minimum absolute atomic E-state index is 0. The van der Waals surface area contributed by atoms with E-state index in [1.165, 1.54) is 0 Å². The molecule has 11 N–H and O–H groups in total. The van der Waals surface area contributed by atoms with Crippen molar-refractivity contribution in [2.24, 2.45) is 5.73 Å². The fourth-order valence-corrected chi connectivity index (χ4v) is 0.258. The van der Waals surface area contributed by atoms with Crippen molar-refractivity contribution in [3.8, 4) is 0 Å². The molecule has 17 nitrogen and oxygen atoms in total. The molecule has 0 aliphatic rings. The number of aliphatic hydroxyl groups is 5.